The Balaban J connectivity index is 2.22. The Morgan fingerprint density at radius 2 is 1.47 bits per heavy atom. The van der Waals surface area contributed by atoms with Crippen molar-refractivity contribution in [2.24, 2.45) is 17.8 Å². The highest BCUT2D eigenvalue weighted by Crippen LogP contribution is 2.29. The molecule has 0 aromatic heterocycles. The van der Waals surface area contributed by atoms with Crippen molar-refractivity contribution in [2.75, 3.05) is 0 Å². The van der Waals surface area contributed by atoms with Gasteiger partial charge in [0.1, 0.15) is 12.2 Å². The zero-order valence-electron chi connectivity index (χ0n) is 19.9. The summed E-state index contributed by atoms with van der Waals surface area (Å²) in [5.41, 5.74) is 1.33. The molecule has 4 nitrogen and oxygen atoms in total. The molecular formula is C28H36O4. The van der Waals surface area contributed by atoms with Crippen molar-refractivity contribution in [3.63, 3.8) is 0 Å². The van der Waals surface area contributed by atoms with E-state index in [1.807, 2.05) is 107 Å². The molecule has 0 aliphatic heterocycles. The van der Waals surface area contributed by atoms with Gasteiger partial charge in [-0.3, -0.25) is 9.59 Å². The fourth-order valence-corrected chi connectivity index (χ4v) is 3.49. The SMILES string of the molecule is CC(C)C[C@@H](C(=O)OCc1ccccc1)[C@H](C/C=C/c1ccccc1)C(=O)OC(C)(C)C. The maximum absolute atomic E-state index is 13.1. The van der Waals surface area contributed by atoms with Crippen LogP contribution in [-0.2, 0) is 25.7 Å². The van der Waals surface area contributed by atoms with Gasteiger partial charge < -0.3 is 9.47 Å². The van der Waals surface area contributed by atoms with Crippen molar-refractivity contribution >= 4 is 18.0 Å². The second-order valence-corrected chi connectivity index (χ2v) is 9.52. The number of ether oxygens (including phenoxy) is 2. The van der Waals surface area contributed by atoms with Gasteiger partial charge in [0.05, 0.1) is 11.8 Å². The predicted molar refractivity (Wildman–Crippen MR) is 129 cm³/mol. The largest absolute Gasteiger partial charge is 0.461 e. The fraction of sp³-hybridized carbons (Fsp3) is 0.429. The van der Waals surface area contributed by atoms with E-state index < -0.39 is 17.4 Å². The molecule has 0 radical (unpaired) electrons. The van der Waals surface area contributed by atoms with Crippen molar-refractivity contribution < 1.29 is 19.1 Å². The molecule has 0 unspecified atom stereocenters. The van der Waals surface area contributed by atoms with E-state index in [0.717, 1.165) is 11.1 Å². The van der Waals surface area contributed by atoms with Crippen LogP contribution in [0, 0.1) is 17.8 Å². The maximum Gasteiger partial charge on any atom is 0.310 e. The molecule has 0 aliphatic rings. The number of rotatable bonds is 10. The number of hydrogen-bond donors (Lipinski definition) is 0. The van der Waals surface area contributed by atoms with Crippen LogP contribution in [0.3, 0.4) is 0 Å². The van der Waals surface area contributed by atoms with Crippen LogP contribution in [0.2, 0.25) is 0 Å². The van der Waals surface area contributed by atoms with Crippen molar-refractivity contribution in [3.8, 4) is 0 Å². The van der Waals surface area contributed by atoms with Crippen LogP contribution in [0.1, 0.15) is 58.6 Å². The Bertz CT molecular complexity index is 863. The van der Waals surface area contributed by atoms with E-state index in [1.165, 1.54) is 0 Å². The molecule has 4 heteroatoms. The average molecular weight is 437 g/mol. The molecule has 0 bridgehead atoms. The van der Waals surface area contributed by atoms with Gasteiger partial charge in [0.25, 0.3) is 0 Å². The van der Waals surface area contributed by atoms with E-state index in [1.54, 1.807) is 0 Å². The molecule has 0 spiro atoms. The summed E-state index contributed by atoms with van der Waals surface area (Å²) in [6.45, 7) is 9.80. The minimum absolute atomic E-state index is 0.190. The van der Waals surface area contributed by atoms with Gasteiger partial charge >= 0.3 is 11.9 Å². The van der Waals surface area contributed by atoms with Gasteiger partial charge in [0.15, 0.2) is 0 Å². The van der Waals surface area contributed by atoms with E-state index in [0.29, 0.717) is 12.8 Å². The van der Waals surface area contributed by atoms with E-state index in [4.69, 9.17) is 9.47 Å². The lowest BCUT2D eigenvalue weighted by molar-refractivity contribution is -0.169. The lowest BCUT2D eigenvalue weighted by atomic mass is 9.83. The second kappa shape index (κ2) is 12.2. The molecule has 0 saturated heterocycles. The molecule has 2 atom stereocenters. The smallest absolute Gasteiger partial charge is 0.310 e. The summed E-state index contributed by atoms with van der Waals surface area (Å²) in [4.78, 5) is 26.3. The third-order valence-electron chi connectivity index (χ3n) is 4.95. The number of esters is 2. The Labute approximate surface area is 192 Å². The first-order chi connectivity index (χ1) is 15.2. The summed E-state index contributed by atoms with van der Waals surface area (Å²) >= 11 is 0. The topological polar surface area (TPSA) is 52.6 Å². The molecule has 0 aliphatic carbocycles. The molecule has 0 fully saturated rings. The third-order valence-corrected chi connectivity index (χ3v) is 4.95. The predicted octanol–water partition coefficient (Wildman–Crippen LogP) is 6.45. The Morgan fingerprint density at radius 1 is 0.875 bits per heavy atom. The molecule has 2 rings (SSSR count). The third kappa shape index (κ3) is 9.09. The maximum atomic E-state index is 13.1. The van der Waals surface area contributed by atoms with Gasteiger partial charge in [-0.1, -0.05) is 86.7 Å². The zero-order valence-corrected chi connectivity index (χ0v) is 19.9. The standard InChI is InChI=1S/C28H36O4/c1-21(2)19-25(26(29)31-20-23-15-10-7-11-16-23)24(27(30)32-28(3,4)5)18-12-17-22-13-8-6-9-14-22/h6-17,21,24-25H,18-20H2,1-5H3/b17-12+/t24-,25+/m0/s1. The van der Waals surface area contributed by atoms with Gasteiger partial charge in [0, 0.05) is 0 Å². The molecule has 172 valence electrons. The Morgan fingerprint density at radius 3 is 2.03 bits per heavy atom. The number of carbonyl (C=O) groups is 2. The summed E-state index contributed by atoms with van der Waals surface area (Å²) in [5, 5.41) is 0. The average Bonchev–Trinajstić information content (AvgIpc) is 2.74. The van der Waals surface area contributed by atoms with E-state index in [9.17, 15) is 9.59 Å². The quantitative estimate of drug-likeness (QED) is 0.401. The zero-order chi connectivity index (χ0) is 23.6. The molecule has 0 amide bonds. The summed E-state index contributed by atoms with van der Waals surface area (Å²) < 4.78 is 11.3. The minimum atomic E-state index is -0.630. The van der Waals surface area contributed by atoms with Crippen molar-refractivity contribution in [1.82, 2.24) is 0 Å². The number of hydrogen-bond acceptors (Lipinski definition) is 4. The van der Waals surface area contributed by atoms with Crippen LogP contribution >= 0.6 is 0 Å². The second-order valence-electron chi connectivity index (χ2n) is 9.52. The van der Waals surface area contributed by atoms with Crippen molar-refractivity contribution in [2.45, 2.75) is 59.7 Å². The number of benzene rings is 2. The van der Waals surface area contributed by atoms with E-state index >= 15 is 0 Å². The van der Waals surface area contributed by atoms with Gasteiger partial charge in [0.2, 0.25) is 0 Å². The molecule has 32 heavy (non-hydrogen) atoms. The normalized spacial score (nSPS) is 13.7. The van der Waals surface area contributed by atoms with Crippen molar-refractivity contribution in [1.29, 1.82) is 0 Å². The first-order valence-corrected chi connectivity index (χ1v) is 11.3. The van der Waals surface area contributed by atoms with Crippen LogP contribution in [-0.4, -0.2) is 17.5 Å². The molecule has 2 aromatic carbocycles. The van der Waals surface area contributed by atoms with Gasteiger partial charge in [-0.15, -0.1) is 0 Å². The van der Waals surface area contributed by atoms with Gasteiger partial charge in [-0.25, -0.2) is 0 Å². The first kappa shape index (κ1) is 25.4. The van der Waals surface area contributed by atoms with Gasteiger partial charge in [-0.05, 0) is 50.7 Å². The molecule has 0 N–H and O–H groups in total. The highest BCUT2D eigenvalue weighted by Gasteiger charge is 2.37. The lowest BCUT2D eigenvalue weighted by Gasteiger charge is -2.28. The Hall–Kier alpha value is -2.88. The Kier molecular flexibility index (Phi) is 9.70. The minimum Gasteiger partial charge on any atom is -0.461 e. The fourth-order valence-electron chi connectivity index (χ4n) is 3.49. The lowest BCUT2D eigenvalue weighted by Crippen LogP contribution is -2.36. The highest BCUT2D eigenvalue weighted by molar-refractivity contribution is 5.82. The molecule has 0 saturated carbocycles. The first-order valence-electron chi connectivity index (χ1n) is 11.3. The monoisotopic (exact) mass is 436 g/mol. The van der Waals surface area contributed by atoms with Crippen LogP contribution in [0.5, 0.6) is 0 Å². The molecule has 2 aromatic rings. The van der Waals surface area contributed by atoms with Crippen molar-refractivity contribution in [3.05, 3.63) is 77.9 Å². The molecular weight excluding hydrogens is 400 g/mol. The summed E-state index contributed by atoms with van der Waals surface area (Å²) in [7, 11) is 0. The van der Waals surface area contributed by atoms with Gasteiger partial charge in [-0.2, -0.15) is 0 Å². The summed E-state index contributed by atoms with van der Waals surface area (Å²) in [6, 6.07) is 19.5. The van der Waals surface area contributed by atoms with Crippen LogP contribution in [0.15, 0.2) is 66.7 Å². The summed E-state index contributed by atoms with van der Waals surface area (Å²) in [5.74, 6) is -1.68. The summed E-state index contributed by atoms with van der Waals surface area (Å²) in [6.07, 6.45) is 4.87. The number of carbonyl (C=O) groups excluding carboxylic acids is 2. The molecule has 0 heterocycles. The van der Waals surface area contributed by atoms with E-state index in [-0.39, 0.29) is 24.5 Å². The number of allylic oxidation sites excluding steroid dienone is 1. The van der Waals surface area contributed by atoms with Crippen LogP contribution < -0.4 is 0 Å². The van der Waals surface area contributed by atoms with Crippen LogP contribution in [0.4, 0.5) is 0 Å². The van der Waals surface area contributed by atoms with Crippen LogP contribution in [0.25, 0.3) is 6.08 Å². The van der Waals surface area contributed by atoms with E-state index in [2.05, 4.69) is 0 Å². The highest BCUT2D eigenvalue weighted by atomic mass is 16.6.